The molecule has 0 amide bonds. The Morgan fingerprint density at radius 2 is 1.72 bits per heavy atom. The van der Waals surface area contributed by atoms with E-state index >= 15 is 0 Å². The Morgan fingerprint density at radius 1 is 1.16 bits per heavy atom. The van der Waals surface area contributed by atoms with Gasteiger partial charge >= 0.3 is 17.9 Å². The molecule has 2 rings (SSSR count). The van der Waals surface area contributed by atoms with Crippen molar-refractivity contribution in [2.75, 3.05) is 5.32 Å². The topological polar surface area (TPSA) is 90.9 Å². The van der Waals surface area contributed by atoms with Crippen molar-refractivity contribution in [1.29, 1.82) is 0 Å². The number of anilines is 1. The Bertz CT molecular complexity index is 681. The van der Waals surface area contributed by atoms with Gasteiger partial charge in [-0.05, 0) is 30.2 Å². The van der Waals surface area contributed by atoms with Gasteiger partial charge in [-0.1, -0.05) is 13.8 Å². The SMILES string of the molecule is CC(C)CC(=O)Oc1ccc(NC=C2C(=O)OC(C)(C)OC2=O)cc1. The molecule has 1 fully saturated rings. The normalized spacial score (nSPS) is 16.1. The predicted molar refractivity (Wildman–Crippen MR) is 89.5 cm³/mol. The minimum absolute atomic E-state index is 0.222. The average Bonchev–Trinajstić information content (AvgIpc) is 2.46. The zero-order valence-electron chi connectivity index (χ0n) is 14.6. The summed E-state index contributed by atoms with van der Waals surface area (Å²) in [5, 5.41) is 2.81. The highest BCUT2D eigenvalue weighted by molar-refractivity contribution is 6.15. The van der Waals surface area contributed by atoms with Crippen LogP contribution in [0.4, 0.5) is 5.69 Å². The van der Waals surface area contributed by atoms with E-state index in [0.29, 0.717) is 17.9 Å². The molecule has 0 bridgehead atoms. The maximum atomic E-state index is 11.8. The molecule has 0 saturated carbocycles. The van der Waals surface area contributed by atoms with E-state index in [9.17, 15) is 14.4 Å². The third-order valence-corrected chi connectivity index (χ3v) is 3.16. The van der Waals surface area contributed by atoms with Gasteiger partial charge < -0.3 is 19.5 Å². The Labute approximate surface area is 145 Å². The smallest absolute Gasteiger partial charge is 0.350 e. The van der Waals surface area contributed by atoms with Crippen LogP contribution < -0.4 is 10.1 Å². The standard InChI is InChI=1S/C18H21NO6/c1-11(2)9-15(20)23-13-7-5-12(6-8-13)19-10-14-16(21)24-18(3,4)25-17(14)22/h5-8,10-11,19H,9H2,1-4H3. The first kappa shape index (κ1) is 18.5. The van der Waals surface area contributed by atoms with Gasteiger partial charge in [0, 0.05) is 32.2 Å². The number of carbonyl (C=O) groups excluding carboxylic acids is 3. The van der Waals surface area contributed by atoms with Crippen LogP contribution >= 0.6 is 0 Å². The van der Waals surface area contributed by atoms with Crippen molar-refractivity contribution in [3.8, 4) is 5.75 Å². The fourth-order valence-electron chi connectivity index (χ4n) is 2.06. The lowest BCUT2D eigenvalue weighted by atomic mass is 10.1. The summed E-state index contributed by atoms with van der Waals surface area (Å²) < 4.78 is 15.2. The summed E-state index contributed by atoms with van der Waals surface area (Å²) in [6.07, 6.45) is 1.56. The van der Waals surface area contributed by atoms with Gasteiger partial charge in [0.05, 0.1) is 0 Å². The molecule has 0 radical (unpaired) electrons. The molecule has 25 heavy (non-hydrogen) atoms. The molecule has 1 N–H and O–H groups in total. The Morgan fingerprint density at radius 3 is 2.24 bits per heavy atom. The van der Waals surface area contributed by atoms with Gasteiger partial charge in [-0.15, -0.1) is 0 Å². The van der Waals surface area contributed by atoms with Gasteiger partial charge in [0.25, 0.3) is 5.79 Å². The molecular formula is C18H21NO6. The van der Waals surface area contributed by atoms with Crippen molar-refractivity contribution < 1.29 is 28.6 Å². The van der Waals surface area contributed by atoms with Gasteiger partial charge in [0.15, 0.2) is 5.57 Å². The summed E-state index contributed by atoms with van der Waals surface area (Å²) in [6.45, 7) is 6.83. The number of ether oxygens (including phenoxy) is 3. The van der Waals surface area contributed by atoms with E-state index in [4.69, 9.17) is 14.2 Å². The molecule has 1 aliphatic rings. The van der Waals surface area contributed by atoms with E-state index < -0.39 is 17.7 Å². The molecule has 0 atom stereocenters. The fourth-order valence-corrected chi connectivity index (χ4v) is 2.06. The van der Waals surface area contributed by atoms with E-state index in [-0.39, 0.29) is 17.5 Å². The number of benzene rings is 1. The summed E-state index contributed by atoms with van der Waals surface area (Å²) in [4.78, 5) is 35.2. The number of rotatable bonds is 5. The second-order valence-electron chi connectivity index (χ2n) is 6.48. The number of carbonyl (C=O) groups is 3. The van der Waals surface area contributed by atoms with Crippen LogP contribution in [0, 0.1) is 5.92 Å². The van der Waals surface area contributed by atoms with E-state index in [2.05, 4.69) is 5.32 Å². The Balaban J connectivity index is 1.98. The minimum Gasteiger partial charge on any atom is -0.427 e. The minimum atomic E-state index is -1.27. The van der Waals surface area contributed by atoms with E-state index in [0.717, 1.165) is 0 Å². The number of hydrogen-bond donors (Lipinski definition) is 1. The van der Waals surface area contributed by atoms with Crippen LogP contribution in [-0.4, -0.2) is 23.7 Å². The monoisotopic (exact) mass is 347 g/mol. The van der Waals surface area contributed by atoms with Crippen molar-refractivity contribution in [2.24, 2.45) is 5.92 Å². The van der Waals surface area contributed by atoms with Crippen LogP contribution in [0.15, 0.2) is 36.0 Å². The maximum Gasteiger partial charge on any atom is 0.350 e. The molecule has 1 aromatic rings. The van der Waals surface area contributed by atoms with Crippen molar-refractivity contribution in [3.05, 3.63) is 36.0 Å². The molecule has 7 nitrogen and oxygen atoms in total. The van der Waals surface area contributed by atoms with Crippen molar-refractivity contribution in [3.63, 3.8) is 0 Å². The number of esters is 3. The molecule has 7 heteroatoms. The molecule has 1 saturated heterocycles. The molecule has 1 aromatic carbocycles. The third kappa shape index (κ3) is 5.34. The molecule has 0 aliphatic carbocycles. The van der Waals surface area contributed by atoms with Gasteiger partial charge in [0.2, 0.25) is 0 Å². The molecule has 1 aliphatic heterocycles. The lowest BCUT2D eigenvalue weighted by Crippen LogP contribution is -2.42. The van der Waals surface area contributed by atoms with E-state index in [1.54, 1.807) is 24.3 Å². The molecule has 0 aromatic heterocycles. The number of cyclic esters (lactones) is 2. The Hall–Kier alpha value is -2.83. The molecule has 0 spiro atoms. The highest BCUT2D eigenvalue weighted by Crippen LogP contribution is 2.23. The first-order valence-corrected chi connectivity index (χ1v) is 7.90. The van der Waals surface area contributed by atoms with Gasteiger partial charge in [-0.2, -0.15) is 0 Å². The average molecular weight is 347 g/mol. The van der Waals surface area contributed by atoms with Crippen molar-refractivity contribution in [2.45, 2.75) is 39.9 Å². The lowest BCUT2D eigenvalue weighted by Gasteiger charge is -2.29. The summed E-state index contributed by atoms with van der Waals surface area (Å²) in [6, 6.07) is 6.52. The first-order chi connectivity index (χ1) is 11.7. The number of nitrogens with one attached hydrogen (secondary N) is 1. The quantitative estimate of drug-likeness (QED) is 0.379. The second kappa shape index (κ2) is 7.38. The summed E-state index contributed by atoms with van der Waals surface area (Å²) in [5.74, 6) is -2.44. The zero-order chi connectivity index (χ0) is 18.6. The van der Waals surface area contributed by atoms with Crippen LogP contribution in [-0.2, 0) is 23.9 Å². The first-order valence-electron chi connectivity index (χ1n) is 7.90. The third-order valence-electron chi connectivity index (χ3n) is 3.16. The molecular weight excluding hydrogens is 326 g/mol. The van der Waals surface area contributed by atoms with Gasteiger partial charge in [-0.25, -0.2) is 9.59 Å². The van der Waals surface area contributed by atoms with Crippen LogP contribution in [0.25, 0.3) is 0 Å². The van der Waals surface area contributed by atoms with Crippen LogP contribution in [0.1, 0.15) is 34.1 Å². The van der Waals surface area contributed by atoms with Crippen molar-refractivity contribution in [1.82, 2.24) is 0 Å². The van der Waals surface area contributed by atoms with Gasteiger partial charge in [-0.3, -0.25) is 4.79 Å². The molecule has 134 valence electrons. The van der Waals surface area contributed by atoms with Crippen molar-refractivity contribution >= 4 is 23.6 Å². The predicted octanol–water partition coefficient (Wildman–Crippen LogP) is 2.77. The van der Waals surface area contributed by atoms with Crippen LogP contribution in [0.5, 0.6) is 5.75 Å². The Kier molecular flexibility index (Phi) is 5.46. The van der Waals surface area contributed by atoms with Crippen LogP contribution in [0.2, 0.25) is 0 Å². The second-order valence-corrected chi connectivity index (χ2v) is 6.48. The lowest BCUT2D eigenvalue weighted by molar-refractivity contribution is -0.222. The maximum absolute atomic E-state index is 11.8. The van der Waals surface area contributed by atoms with E-state index in [1.807, 2.05) is 13.8 Å². The molecule has 1 heterocycles. The highest BCUT2D eigenvalue weighted by atomic mass is 16.7. The number of hydrogen-bond acceptors (Lipinski definition) is 7. The summed E-state index contributed by atoms with van der Waals surface area (Å²) in [5.41, 5.74) is 0.369. The largest absolute Gasteiger partial charge is 0.427 e. The van der Waals surface area contributed by atoms with Gasteiger partial charge in [0.1, 0.15) is 5.75 Å². The highest BCUT2D eigenvalue weighted by Gasteiger charge is 2.38. The summed E-state index contributed by atoms with van der Waals surface area (Å²) >= 11 is 0. The van der Waals surface area contributed by atoms with E-state index in [1.165, 1.54) is 20.0 Å². The van der Waals surface area contributed by atoms with Crippen LogP contribution in [0.3, 0.4) is 0 Å². The fraction of sp³-hybridized carbons (Fsp3) is 0.389. The molecule has 0 unspecified atom stereocenters. The zero-order valence-corrected chi connectivity index (χ0v) is 14.6. The summed E-state index contributed by atoms with van der Waals surface area (Å²) in [7, 11) is 0.